The van der Waals surface area contributed by atoms with Crippen molar-refractivity contribution in [2.45, 2.75) is 30.6 Å². The molecule has 0 radical (unpaired) electrons. The van der Waals surface area contributed by atoms with Gasteiger partial charge in [0.25, 0.3) is 0 Å². The van der Waals surface area contributed by atoms with E-state index in [1.54, 1.807) is 0 Å². The number of benzene rings is 1. The topological polar surface area (TPSA) is 52.6 Å². The summed E-state index contributed by atoms with van der Waals surface area (Å²) in [6.07, 6.45) is 0.716. The molecule has 2 aliphatic heterocycles. The van der Waals surface area contributed by atoms with Crippen molar-refractivity contribution in [1.82, 2.24) is 0 Å². The molecule has 2 aliphatic rings. The van der Waals surface area contributed by atoms with Gasteiger partial charge in [-0.1, -0.05) is 30.3 Å². The molecule has 0 spiro atoms. The van der Waals surface area contributed by atoms with Crippen molar-refractivity contribution in [3.05, 3.63) is 49.2 Å². The smallest absolute Gasteiger partial charge is 0.481 e. The van der Waals surface area contributed by atoms with Crippen LogP contribution < -0.4 is 0 Å². The first-order valence-electron chi connectivity index (χ1n) is 8.51. The molecule has 0 aromatic heterocycles. The van der Waals surface area contributed by atoms with Crippen LogP contribution in [-0.2, 0) is 45.0 Å². The van der Waals surface area contributed by atoms with Crippen molar-refractivity contribution >= 4 is 22.6 Å². The first-order valence-corrected chi connectivity index (χ1v) is 10.1. The van der Waals surface area contributed by atoms with Crippen molar-refractivity contribution in [1.29, 1.82) is 0 Å². The first-order chi connectivity index (χ1) is 12.5. The molecule has 3 atom stereocenters. The zero-order chi connectivity index (χ0) is 18.9. The molecule has 1 aromatic rings. The third-order valence-corrected chi connectivity index (χ3v) is 6.79. The van der Waals surface area contributed by atoms with Gasteiger partial charge in [-0.05, 0) is 29.0 Å². The maximum atomic E-state index is 11.9. The molecule has 150 valence electrons. The Hall–Kier alpha value is -0.964. The Labute approximate surface area is 174 Å². The molecule has 0 aliphatic carbocycles. The number of hydrogen-bond donors (Lipinski definition) is 0. The van der Waals surface area contributed by atoms with Gasteiger partial charge >= 0.3 is 19.8 Å². The summed E-state index contributed by atoms with van der Waals surface area (Å²) < 4.78 is 31.8. The van der Waals surface area contributed by atoms with Crippen LogP contribution in [0.25, 0.3) is 0 Å². The minimum Gasteiger partial charge on any atom is -0.481 e. The maximum absolute atomic E-state index is 11.9. The third-order valence-electron chi connectivity index (χ3n) is 4.16. The van der Waals surface area contributed by atoms with Crippen molar-refractivity contribution in [2.24, 2.45) is 0 Å². The van der Waals surface area contributed by atoms with Gasteiger partial charge < -0.3 is 18.3 Å². The fraction of sp³-hybridized carbons (Fsp3) is 0.474. The van der Waals surface area contributed by atoms with E-state index in [1.807, 2.05) is 30.3 Å². The molecule has 1 aromatic carbocycles. The normalized spacial score (nSPS) is 23.1. The van der Waals surface area contributed by atoms with E-state index in [9.17, 15) is 18.4 Å². The molecule has 2 fully saturated rings. The molecule has 3 rings (SSSR count). The van der Waals surface area contributed by atoms with Gasteiger partial charge in [0.15, 0.2) is 5.75 Å². The largest absolute Gasteiger partial charge is 2.00 e. The van der Waals surface area contributed by atoms with E-state index in [2.05, 4.69) is 11.7 Å². The molecule has 2 heterocycles. The molecule has 0 amide bonds. The predicted octanol–water partition coefficient (Wildman–Crippen LogP) is 3.23. The van der Waals surface area contributed by atoms with Crippen molar-refractivity contribution in [3.63, 3.8) is 0 Å². The summed E-state index contributed by atoms with van der Waals surface area (Å²) in [5, 5.41) is 0.512. The van der Waals surface area contributed by atoms with Gasteiger partial charge in [0.2, 0.25) is 11.8 Å². The van der Waals surface area contributed by atoms with Gasteiger partial charge in [-0.25, -0.2) is 0 Å². The van der Waals surface area contributed by atoms with Crippen LogP contribution >= 0.6 is 0 Å². The Morgan fingerprint density at radius 2 is 1.93 bits per heavy atom. The van der Waals surface area contributed by atoms with Gasteiger partial charge in [-0.3, -0.25) is 16.5 Å². The number of rotatable bonds is 6. The van der Waals surface area contributed by atoms with E-state index >= 15 is 0 Å². The predicted molar refractivity (Wildman–Crippen MR) is 97.0 cm³/mol. The fourth-order valence-electron chi connectivity index (χ4n) is 2.53. The number of esters is 1. The summed E-state index contributed by atoms with van der Waals surface area (Å²) in [6.45, 7) is 4.67. The van der Waals surface area contributed by atoms with Crippen LogP contribution in [0.5, 0.6) is 0 Å². The van der Waals surface area contributed by atoms with Crippen LogP contribution in [0.4, 0.5) is 8.78 Å². The third kappa shape index (κ3) is 8.29. The Morgan fingerprint density at radius 1 is 1.26 bits per heavy atom. The van der Waals surface area contributed by atoms with Crippen LogP contribution in [0.2, 0.25) is 0 Å². The number of ketones is 1. The minimum absolute atomic E-state index is 0. The number of carbonyl (C=O) groups excluding carboxylic acids is 2. The quantitative estimate of drug-likeness (QED) is 0.226. The molecular formula is C19H23F2O4OsS+. The van der Waals surface area contributed by atoms with E-state index in [4.69, 9.17) is 4.74 Å². The Morgan fingerprint density at radius 3 is 2.41 bits per heavy atom. The second-order valence-corrected chi connectivity index (χ2v) is 8.52. The van der Waals surface area contributed by atoms with Gasteiger partial charge in [0.05, 0.1) is 6.10 Å². The zero-order valence-electron chi connectivity index (χ0n) is 14.8. The van der Waals surface area contributed by atoms with E-state index in [1.165, 1.54) is 18.6 Å². The second-order valence-electron chi connectivity index (χ2n) is 6.08. The van der Waals surface area contributed by atoms with Crippen LogP contribution in [-0.4, -0.2) is 47.8 Å². The number of hydrogen-bond acceptors (Lipinski definition) is 4. The van der Waals surface area contributed by atoms with Crippen LogP contribution in [0, 0.1) is 13.3 Å². The number of ether oxygens (including phenoxy) is 2. The molecule has 3 unspecified atom stereocenters. The van der Waals surface area contributed by atoms with Gasteiger partial charge in [-0.15, -0.1) is 0 Å². The van der Waals surface area contributed by atoms with Crippen LogP contribution in [0.1, 0.15) is 29.6 Å². The molecule has 4 nitrogen and oxygen atoms in total. The summed E-state index contributed by atoms with van der Waals surface area (Å²) in [5.41, 5.74) is 0.851. The van der Waals surface area contributed by atoms with E-state index in [-0.39, 0.29) is 49.2 Å². The molecule has 0 saturated carbocycles. The van der Waals surface area contributed by atoms with Crippen LogP contribution in [0.3, 0.4) is 0 Å². The summed E-state index contributed by atoms with van der Waals surface area (Å²) in [4.78, 5) is 22.0. The average Bonchev–Trinajstić information content (AvgIpc) is 2.99. The van der Waals surface area contributed by atoms with Gasteiger partial charge in [-0.2, -0.15) is 0 Å². The second kappa shape index (κ2) is 12.5. The number of Topliss-reactive ketones (excluding diaryl/α,β-unsaturated/α-hetero) is 1. The van der Waals surface area contributed by atoms with Crippen molar-refractivity contribution in [3.8, 4) is 0 Å². The van der Waals surface area contributed by atoms with Gasteiger partial charge in [0, 0.05) is 25.0 Å². The SMILES string of the molecule is O=C(OCC1CCO1)[C-](F)F.[CH2-]C1CCC[S+]1CC(=O)c1ccccc1.[Os+2]. The zero-order valence-corrected chi connectivity index (χ0v) is 18.2. The maximum Gasteiger partial charge on any atom is 2.00 e. The molecule has 0 bridgehead atoms. The molecular weight excluding hydrogens is 552 g/mol. The minimum atomic E-state index is -2.32. The molecule has 0 N–H and O–H groups in total. The number of halogens is 2. The summed E-state index contributed by atoms with van der Waals surface area (Å²) in [6, 6.07) is 9.60. The molecule has 8 heteroatoms. The average molecular weight is 576 g/mol. The Bertz CT molecular complexity index is 584. The Kier molecular flexibility index (Phi) is 11.1. The summed E-state index contributed by atoms with van der Waals surface area (Å²) in [7, 11) is 0.237. The summed E-state index contributed by atoms with van der Waals surface area (Å²) >= 11 is 0. The van der Waals surface area contributed by atoms with E-state index in [0.29, 0.717) is 17.6 Å². The van der Waals surface area contributed by atoms with Gasteiger partial charge in [0.1, 0.15) is 12.4 Å². The number of carbonyl (C=O) groups is 2. The van der Waals surface area contributed by atoms with E-state index < -0.39 is 12.4 Å². The van der Waals surface area contributed by atoms with Crippen molar-refractivity contribution < 1.29 is 47.6 Å². The summed E-state index contributed by atoms with van der Waals surface area (Å²) in [5.74, 6) is 0.639. The molecule has 27 heavy (non-hydrogen) atoms. The monoisotopic (exact) mass is 577 g/mol. The standard InChI is InChI=1S/C13H16OS.C6H7F2O3.Os/c1-11-6-5-9-15(11)10-13(14)12-7-3-2-4-8-12;7-5(8)6(9)11-3-4-1-2-10-4;/h2-4,7-8,11H,1,5-6,9-10H2;4H,1-3H2;/q;-1;+2. The van der Waals surface area contributed by atoms with Crippen molar-refractivity contribution in [2.75, 3.05) is 24.7 Å². The molecule has 2 saturated heterocycles. The first kappa shape index (κ1) is 24.1. The van der Waals surface area contributed by atoms with Crippen LogP contribution in [0.15, 0.2) is 30.3 Å². The fourth-order valence-corrected chi connectivity index (χ4v) is 4.79. The Balaban J connectivity index is 0.000000273. The van der Waals surface area contributed by atoms with E-state index in [0.717, 1.165) is 12.0 Å².